The fraction of sp³-hybridized carbons (Fsp3) is 0.182. The number of anilines is 2. The lowest BCUT2D eigenvalue weighted by molar-refractivity contribution is 0.915. The molecule has 0 bridgehead atoms. The van der Waals surface area contributed by atoms with Crippen molar-refractivity contribution >= 4 is 11.4 Å². The van der Waals surface area contributed by atoms with E-state index < -0.39 is 0 Å². The van der Waals surface area contributed by atoms with E-state index in [0.29, 0.717) is 5.92 Å². The van der Waals surface area contributed by atoms with Crippen LogP contribution in [0.5, 0.6) is 0 Å². The molecule has 0 aromatic heterocycles. The summed E-state index contributed by atoms with van der Waals surface area (Å²) in [5, 5.41) is 0. The molecule has 1 heteroatoms. The van der Waals surface area contributed by atoms with Crippen molar-refractivity contribution in [2.24, 2.45) is 0 Å². The monoisotopic (exact) mass is 299 g/mol. The van der Waals surface area contributed by atoms with Crippen LogP contribution in [-0.2, 0) is 0 Å². The molecule has 0 amide bonds. The van der Waals surface area contributed by atoms with E-state index in [1.54, 1.807) is 0 Å². The van der Waals surface area contributed by atoms with Crippen molar-refractivity contribution in [3.8, 4) is 0 Å². The fourth-order valence-corrected chi connectivity index (χ4v) is 3.78. The second-order valence-electron chi connectivity index (χ2n) is 6.47. The maximum Gasteiger partial charge on any atom is 0.0450 e. The first-order chi connectivity index (χ1) is 11.2. The van der Waals surface area contributed by atoms with Crippen molar-refractivity contribution in [3.05, 3.63) is 94.5 Å². The highest BCUT2D eigenvalue weighted by Crippen LogP contribution is 2.48. The van der Waals surface area contributed by atoms with E-state index in [-0.39, 0.29) is 0 Å². The van der Waals surface area contributed by atoms with Gasteiger partial charge in [0, 0.05) is 24.3 Å². The Kier molecular flexibility index (Phi) is 3.23. The minimum absolute atomic E-state index is 0.304. The quantitative estimate of drug-likeness (QED) is 0.568. The SMILES string of the molecule is Cc1ccc(C)c(C2c3ccccc3N(C)c3ccccc32)c1. The molecule has 23 heavy (non-hydrogen) atoms. The van der Waals surface area contributed by atoms with Gasteiger partial charge in [0.15, 0.2) is 0 Å². The number of nitrogens with zero attached hydrogens (tertiary/aromatic N) is 1. The number of hydrogen-bond donors (Lipinski definition) is 0. The molecule has 3 aromatic carbocycles. The Bertz CT molecular complexity index is 831. The maximum atomic E-state index is 2.35. The highest BCUT2D eigenvalue weighted by Gasteiger charge is 2.30. The lowest BCUT2D eigenvalue weighted by Gasteiger charge is -2.36. The number of rotatable bonds is 1. The van der Waals surface area contributed by atoms with Crippen LogP contribution in [0.2, 0.25) is 0 Å². The van der Waals surface area contributed by atoms with Crippen LogP contribution in [0, 0.1) is 13.8 Å². The van der Waals surface area contributed by atoms with Crippen LogP contribution in [0.15, 0.2) is 66.7 Å². The van der Waals surface area contributed by atoms with Crippen LogP contribution in [0.25, 0.3) is 0 Å². The number of aryl methyl sites for hydroxylation is 2. The lowest BCUT2D eigenvalue weighted by atomic mass is 9.78. The second kappa shape index (κ2) is 5.27. The summed E-state index contributed by atoms with van der Waals surface area (Å²) in [6, 6.07) is 24.3. The third-order valence-electron chi connectivity index (χ3n) is 4.96. The molecule has 4 rings (SSSR count). The molecule has 0 unspecified atom stereocenters. The van der Waals surface area contributed by atoms with Gasteiger partial charge in [0.25, 0.3) is 0 Å². The van der Waals surface area contributed by atoms with E-state index in [0.717, 1.165) is 0 Å². The summed E-state index contributed by atoms with van der Waals surface area (Å²) >= 11 is 0. The van der Waals surface area contributed by atoms with Gasteiger partial charge in [-0.25, -0.2) is 0 Å². The Labute approximate surface area is 138 Å². The average molecular weight is 299 g/mol. The van der Waals surface area contributed by atoms with Gasteiger partial charge in [-0.1, -0.05) is 60.2 Å². The molecule has 0 aliphatic carbocycles. The van der Waals surface area contributed by atoms with E-state index in [4.69, 9.17) is 0 Å². The number of para-hydroxylation sites is 2. The van der Waals surface area contributed by atoms with Crippen LogP contribution in [0.1, 0.15) is 33.7 Å². The van der Waals surface area contributed by atoms with Crippen molar-refractivity contribution in [2.75, 3.05) is 11.9 Å². The van der Waals surface area contributed by atoms with Crippen LogP contribution >= 0.6 is 0 Å². The normalized spacial score (nSPS) is 13.6. The van der Waals surface area contributed by atoms with Gasteiger partial charge in [0.1, 0.15) is 0 Å². The van der Waals surface area contributed by atoms with Crippen molar-refractivity contribution in [3.63, 3.8) is 0 Å². The Morgan fingerprint density at radius 1 is 0.696 bits per heavy atom. The molecule has 0 atom stereocenters. The standard InChI is InChI=1S/C22H21N/c1-15-12-13-16(2)19(14-15)22-17-8-4-6-10-20(17)23(3)21-11-7-5-9-18(21)22/h4-14,22H,1-3H3. The minimum Gasteiger partial charge on any atom is -0.344 e. The first-order valence-corrected chi connectivity index (χ1v) is 8.15. The van der Waals surface area contributed by atoms with E-state index >= 15 is 0 Å². The van der Waals surface area contributed by atoms with Crippen molar-refractivity contribution in [2.45, 2.75) is 19.8 Å². The zero-order valence-electron chi connectivity index (χ0n) is 13.9. The molecule has 0 radical (unpaired) electrons. The van der Waals surface area contributed by atoms with Gasteiger partial charge < -0.3 is 4.90 Å². The highest BCUT2D eigenvalue weighted by atomic mass is 15.1. The van der Waals surface area contributed by atoms with Crippen molar-refractivity contribution in [1.29, 1.82) is 0 Å². The molecule has 1 aliphatic heterocycles. The molecule has 0 spiro atoms. The zero-order chi connectivity index (χ0) is 16.0. The molecular weight excluding hydrogens is 278 g/mol. The average Bonchev–Trinajstić information content (AvgIpc) is 2.58. The summed E-state index contributed by atoms with van der Waals surface area (Å²) in [5.41, 5.74) is 9.48. The van der Waals surface area contributed by atoms with Gasteiger partial charge in [-0.2, -0.15) is 0 Å². The molecular formula is C22H21N. The molecule has 0 fully saturated rings. The summed E-state index contributed by atoms with van der Waals surface area (Å²) in [6.07, 6.45) is 0. The molecule has 1 heterocycles. The van der Waals surface area contributed by atoms with Crippen LogP contribution < -0.4 is 4.90 Å². The van der Waals surface area contributed by atoms with Gasteiger partial charge in [0.05, 0.1) is 0 Å². The molecule has 0 saturated heterocycles. The molecule has 1 nitrogen and oxygen atoms in total. The summed E-state index contributed by atoms with van der Waals surface area (Å²) in [5.74, 6) is 0.304. The zero-order valence-corrected chi connectivity index (χ0v) is 13.9. The van der Waals surface area contributed by atoms with Gasteiger partial charge in [-0.3, -0.25) is 0 Å². The topological polar surface area (TPSA) is 3.24 Å². The Balaban J connectivity index is 2.03. The summed E-state index contributed by atoms with van der Waals surface area (Å²) in [6.45, 7) is 4.40. The van der Waals surface area contributed by atoms with E-state index in [1.165, 1.54) is 39.2 Å². The third-order valence-corrected chi connectivity index (χ3v) is 4.96. The summed E-state index contributed by atoms with van der Waals surface area (Å²) in [4.78, 5) is 2.31. The van der Waals surface area contributed by atoms with Crippen molar-refractivity contribution in [1.82, 2.24) is 0 Å². The highest BCUT2D eigenvalue weighted by molar-refractivity contribution is 5.77. The largest absolute Gasteiger partial charge is 0.344 e. The first kappa shape index (κ1) is 14.1. The van der Waals surface area contributed by atoms with E-state index in [1.807, 2.05) is 0 Å². The number of fused-ring (bicyclic) bond motifs is 2. The Morgan fingerprint density at radius 2 is 1.26 bits per heavy atom. The second-order valence-corrected chi connectivity index (χ2v) is 6.47. The van der Waals surface area contributed by atoms with Gasteiger partial charge in [-0.05, 0) is 48.2 Å². The molecule has 1 aliphatic rings. The Hall–Kier alpha value is -2.54. The molecule has 0 N–H and O–H groups in total. The maximum absolute atomic E-state index is 2.35. The third kappa shape index (κ3) is 2.16. The summed E-state index contributed by atoms with van der Waals surface area (Å²) < 4.78 is 0. The van der Waals surface area contributed by atoms with Gasteiger partial charge >= 0.3 is 0 Å². The molecule has 114 valence electrons. The van der Waals surface area contributed by atoms with Gasteiger partial charge in [-0.15, -0.1) is 0 Å². The number of hydrogen-bond acceptors (Lipinski definition) is 1. The predicted molar refractivity (Wildman–Crippen MR) is 97.8 cm³/mol. The predicted octanol–water partition coefficient (Wildman–Crippen LogP) is 5.56. The van der Waals surface area contributed by atoms with Crippen LogP contribution in [-0.4, -0.2) is 7.05 Å². The fourth-order valence-electron chi connectivity index (χ4n) is 3.78. The lowest BCUT2D eigenvalue weighted by Crippen LogP contribution is -2.22. The molecule has 3 aromatic rings. The number of benzene rings is 3. The first-order valence-electron chi connectivity index (χ1n) is 8.15. The van der Waals surface area contributed by atoms with Crippen molar-refractivity contribution < 1.29 is 0 Å². The van der Waals surface area contributed by atoms with Crippen LogP contribution in [0.3, 0.4) is 0 Å². The van der Waals surface area contributed by atoms with Crippen LogP contribution in [0.4, 0.5) is 11.4 Å². The smallest absolute Gasteiger partial charge is 0.0450 e. The summed E-state index contributed by atoms with van der Waals surface area (Å²) in [7, 11) is 2.16. The van der Waals surface area contributed by atoms with E-state index in [2.05, 4.69) is 92.5 Å². The minimum atomic E-state index is 0.304. The van der Waals surface area contributed by atoms with E-state index in [9.17, 15) is 0 Å². The Morgan fingerprint density at radius 3 is 1.87 bits per heavy atom. The van der Waals surface area contributed by atoms with Gasteiger partial charge in [0.2, 0.25) is 0 Å². The molecule has 0 saturated carbocycles.